The number of hydrogen-bond acceptors (Lipinski definition) is 5. The summed E-state index contributed by atoms with van der Waals surface area (Å²) in [6, 6.07) is 16.7. The molecule has 2 aromatic carbocycles. The number of benzene rings is 2. The van der Waals surface area contributed by atoms with Crippen LogP contribution >= 0.6 is 11.6 Å². The summed E-state index contributed by atoms with van der Waals surface area (Å²) in [6.07, 6.45) is 1.50. The van der Waals surface area contributed by atoms with E-state index in [2.05, 4.69) is 15.1 Å². The zero-order valence-corrected chi connectivity index (χ0v) is 21.9. The SMILES string of the molecule is CCC(C)N(CC(=O)N1CCCN(c2ccc(-c3ccc(F)cc3)nn2)CC1)C(=O)c1ccccc1Cl. The molecular weight excluding hydrogens is 493 g/mol. The number of aromatic nitrogens is 2. The zero-order valence-electron chi connectivity index (χ0n) is 21.1. The maximum absolute atomic E-state index is 13.3. The molecule has 0 aliphatic carbocycles. The molecule has 37 heavy (non-hydrogen) atoms. The molecule has 9 heteroatoms. The fourth-order valence-electron chi connectivity index (χ4n) is 4.35. The summed E-state index contributed by atoms with van der Waals surface area (Å²) in [7, 11) is 0. The Bertz CT molecular complexity index is 1220. The molecule has 1 atom stereocenters. The summed E-state index contributed by atoms with van der Waals surface area (Å²) in [5.74, 6) is 0.120. The smallest absolute Gasteiger partial charge is 0.256 e. The Balaban J connectivity index is 1.40. The third kappa shape index (κ3) is 6.43. The predicted octanol–water partition coefficient (Wildman–Crippen LogP) is 4.92. The van der Waals surface area contributed by atoms with Crippen molar-refractivity contribution < 1.29 is 14.0 Å². The van der Waals surface area contributed by atoms with Gasteiger partial charge >= 0.3 is 0 Å². The molecule has 1 saturated heterocycles. The maximum Gasteiger partial charge on any atom is 0.256 e. The van der Waals surface area contributed by atoms with Gasteiger partial charge in [0, 0.05) is 37.8 Å². The quantitative estimate of drug-likeness (QED) is 0.440. The average Bonchev–Trinajstić information content (AvgIpc) is 3.18. The van der Waals surface area contributed by atoms with E-state index in [1.807, 2.05) is 30.9 Å². The molecule has 0 spiro atoms. The molecule has 4 rings (SSSR count). The molecule has 0 bridgehead atoms. The van der Waals surface area contributed by atoms with E-state index >= 15 is 0 Å². The number of halogens is 2. The lowest BCUT2D eigenvalue weighted by molar-refractivity contribution is -0.132. The highest BCUT2D eigenvalue weighted by Crippen LogP contribution is 2.21. The summed E-state index contributed by atoms with van der Waals surface area (Å²) < 4.78 is 13.2. The molecule has 2 amide bonds. The first-order valence-electron chi connectivity index (χ1n) is 12.5. The number of amides is 2. The second-order valence-electron chi connectivity index (χ2n) is 9.18. The van der Waals surface area contributed by atoms with Crippen LogP contribution in [0.25, 0.3) is 11.3 Å². The van der Waals surface area contributed by atoms with Gasteiger partial charge in [-0.2, -0.15) is 0 Å². The van der Waals surface area contributed by atoms with E-state index in [1.165, 1.54) is 12.1 Å². The van der Waals surface area contributed by atoms with E-state index in [0.29, 0.717) is 35.9 Å². The Kier molecular flexibility index (Phi) is 8.71. The van der Waals surface area contributed by atoms with Crippen LogP contribution in [0.15, 0.2) is 60.7 Å². The van der Waals surface area contributed by atoms with E-state index < -0.39 is 0 Å². The number of nitrogens with zero attached hydrogens (tertiary/aromatic N) is 5. The Morgan fingerprint density at radius 1 is 1.00 bits per heavy atom. The number of carbonyl (C=O) groups excluding carboxylic acids is 2. The fourth-order valence-corrected chi connectivity index (χ4v) is 4.56. The topological polar surface area (TPSA) is 69.6 Å². The van der Waals surface area contributed by atoms with Gasteiger partial charge in [-0.3, -0.25) is 9.59 Å². The zero-order chi connectivity index (χ0) is 26.4. The molecule has 7 nitrogen and oxygen atoms in total. The molecule has 194 valence electrons. The molecule has 0 N–H and O–H groups in total. The van der Waals surface area contributed by atoms with Gasteiger partial charge < -0.3 is 14.7 Å². The Morgan fingerprint density at radius 3 is 2.43 bits per heavy atom. The number of rotatable bonds is 7. The molecule has 1 fully saturated rings. The summed E-state index contributed by atoms with van der Waals surface area (Å²) >= 11 is 6.27. The van der Waals surface area contributed by atoms with Crippen molar-refractivity contribution in [2.24, 2.45) is 0 Å². The molecule has 3 aromatic rings. The highest BCUT2D eigenvalue weighted by Gasteiger charge is 2.28. The van der Waals surface area contributed by atoms with Gasteiger partial charge in [-0.15, -0.1) is 10.2 Å². The van der Waals surface area contributed by atoms with Gasteiger partial charge in [-0.25, -0.2) is 4.39 Å². The lowest BCUT2D eigenvalue weighted by atomic mass is 10.1. The molecular formula is C28H31ClFN5O2. The minimum atomic E-state index is -0.294. The Labute approximate surface area is 221 Å². The van der Waals surface area contributed by atoms with Crippen LogP contribution in [0.2, 0.25) is 5.02 Å². The van der Waals surface area contributed by atoms with Crippen molar-refractivity contribution in [3.8, 4) is 11.3 Å². The Hall–Kier alpha value is -3.52. The summed E-state index contributed by atoms with van der Waals surface area (Å²) in [5.41, 5.74) is 1.87. The monoisotopic (exact) mass is 523 g/mol. The molecule has 1 aliphatic rings. The molecule has 1 aromatic heterocycles. The van der Waals surface area contributed by atoms with Crippen LogP contribution in [0, 0.1) is 5.82 Å². The van der Waals surface area contributed by atoms with Crippen molar-refractivity contribution >= 4 is 29.2 Å². The van der Waals surface area contributed by atoms with E-state index in [0.717, 1.165) is 30.8 Å². The number of carbonyl (C=O) groups is 2. The molecule has 1 aliphatic heterocycles. The van der Waals surface area contributed by atoms with Gasteiger partial charge in [0.2, 0.25) is 5.91 Å². The van der Waals surface area contributed by atoms with Gasteiger partial charge in [-0.1, -0.05) is 30.7 Å². The first kappa shape index (κ1) is 26.5. The van der Waals surface area contributed by atoms with E-state index in [9.17, 15) is 14.0 Å². The van der Waals surface area contributed by atoms with Gasteiger partial charge in [0.05, 0.1) is 16.3 Å². The maximum atomic E-state index is 13.3. The molecule has 1 unspecified atom stereocenters. The fraction of sp³-hybridized carbons (Fsp3) is 0.357. The van der Waals surface area contributed by atoms with Gasteiger partial charge in [0.1, 0.15) is 12.4 Å². The second kappa shape index (κ2) is 12.1. The first-order valence-corrected chi connectivity index (χ1v) is 12.9. The molecule has 0 saturated carbocycles. The largest absolute Gasteiger partial charge is 0.353 e. The highest BCUT2D eigenvalue weighted by molar-refractivity contribution is 6.33. The second-order valence-corrected chi connectivity index (χ2v) is 9.58. The lowest BCUT2D eigenvalue weighted by Gasteiger charge is -2.31. The van der Waals surface area contributed by atoms with Crippen LogP contribution in [0.4, 0.5) is 10.2 Å². The van der Waals surface area contributed by atoms with Crippen molar-refractivity contribution in [3.63, 3.8) is 0 Å². The highest BCUT2D eigenvalue weighted by atomic mass is 35.5. The third-order valence-corrected chi connectivity index (χ3v) is 7.09. The van der Waals surface area contributed by atoms with Crippen molar-refractivity contribution in [2.75, 3.05) is 37.6 Å². The minimum absolute atomic E-state index is 0.00519. The first-order chi connectivity index (χ1) is 17.9. The lowest BCUT2D eigenvalue weighted by Crippen LogP contribution is -2.47. The predicted molar refractivity (Wildman–Crippen MR) is 143 cm³/mol. The van der Waals surface area contributed by atoms with Crippen molar-refractivity contribution in [2.45, 2.75) is 32.7 Å². The van der Waals surface area contributed by atoms with Crippen molar-refractivity contribution in [1.29, 1.82) is 0 Å². The molecule has 0 radical (unpaired) electrons. The third-order valence-electron chi connectivity index (χ3n) is 6.76. The van der Waals surface area contributed by atoms with Gasteiger partial charge in [0.25, 0.3) is 5.91 Å². The van der Waals surface area contributed by atoms with Crippen molar-refractivity contribution in [1.82, 2.24) is 20.0 Å². The molecule has 2 heterocycles. The van der Waals surface area contributed by atoms with Crippen LogP contribution in [-0.4, -0.2) is 70.6 Å². The van der Waals surface area contributed by atoms with Crippen LogP contribution in [0.1, 0.15) is 37.0 Å². The van der Waals surface area contributed by atoms with E-state index in [4.69, 9.17) is 11.6 Å². The minimum Gasteiger partial charge on any atom is -0.353 e. The van der Waals surface area contributed by atoms with Crippen molar-refractivity contribution in [3.05, 3.63) is 77.1 Å². The van der Waals surface area contributed by atoms with Crippen LogP contribution in [-0.2, 0) is 4.79 Å². The average molecular weight is 524 g/mol. The summed E-state index contributed by atoms with van der Waals surface area (Å²) in [6.45, 7) is 6.42. The van der Waals surface area contributed by atoms with Crippen LogP contribution in [0.5, 0.6) is 0 Å². The summed E-state index contributed by atoms with van der Waals surface area (Å²) in [5, 5.41) is 9.07. The van der Waals surface area contributed by atoms with Gasteiger partial charge in [-0.05, 0) is 68.3 Å². The standard InChI is InChI=1S/C28H31ClFN5O2/c1-3-20(2)35(28(37)23-7-4-5-8-24(23)29)19-27(36)34-16-6-15-33(17-18-34)26-14-13-25(31-32-26)21-9-11-22(30)12-10-21/h4-5,7-14,20H,3,6,15-19H2,1-2H3. The van der Waals surface area contributed by atoms with Crippen LogP contribution in [0.3, 0.4) is 0 Å². The Morgan fingerprint density at radius 2 is 1.76 bits per heavy atom. The van der Waals surface area contributed by atoms with E-state index in [-0.39, 0.29) is 30.2 Å². The number of hydrogen-bond donors (Lipinski definition) is 0. The normalized spacial score (nSPS) is 14.7. The summed E-state index contributed by atoms with van der Waals surface area (Å²) in [4.78, 5) is 32.1. The van der Waals surface area contributed by atoms with E-state index in [1.54, 1.807) is 41.3 Å². The van der Waals surface area contributed by atoms with Gasteiger partial charge in [0.15, 0.2) is 5.82 Å². The van der Waals surface area contributed by atoms with Crippen LogP contribution < -0.4 is 4.90 Å². The number of anilines is 1.